The number of fused-ring (bicyclic) bond motifs is 1. The molecule has 2 N–H and O–H groups in total. The Kier molecular flexibility index (Phi) is 1.10. The molecule has 0 saturated heterocycles. The first kappa shape index (κ1) is 5.72. The van der Waals surface area contributed by atoms with Crippen molar-refractivity contribution < 1.29 is 0 Å². The van der Waals surface area contributed by atoms with Crippen LogP contribution in [0.15, 0.2) is 0 Å². The molecule has 0 bridgehead atoms. The van der Waals surface area contributed by atoms with E-state index in [2.05, 4.69) is 6.92 Å². The standard InChI is InChI=1S/C8H15N/c1-2-5-6-3-4-7(6)8(5)9/h5-8H,2-4,9H2,1H3/t5-,6-,7?,8+/m0/s1. The van der Waals surface area contributed by atoms with Gasteiger partial charge in [-0.25, -0.2) is 0 Å². The van der Waals surface area contributed by atoms with Crippen molar-refractivity contribution in [2.24, 2.45) is 23.5 Å². The fraction of sp³-hybridized carbons (Fsp3) is 1.00. The molecule has 0 aromatic heterocycles. The average molecular weight is 125 g/mol. The van der Waals surface area contributed by atoms with E-state index in [1.165, 1.54) is 19.3 Å². The Balaban J connectivity index is 1.97. The van der Waals surface area contributed by atoms with Crippen LogP contribution >= 0.6 is 0 Å². The van der Waals surface area contributed by atoms with Crippen molar-refractivity contribution in [2.75, 3.05) is 0 Å². The largest absolute Gasteiger partial charge is 0.327 e. The van der Waals surface area contributed by atoms with Gasteiger partial charge in [0.1, 0.15) is 0 Å². The highest BCUT2D eigenvalue weighted by atomic mass is 14.8. The summed E-state index contributed by atoms with van der Waals surface area (Å²) < 4.78 is 0. The molecule has 2 aliphatic carbocycles. The second-order valence-corrected chi connectivity index (χ2v) is 3.55. The maximum Gasteiger partial charge on any atom is 0.0101 e. The monoisotopic (exact) mass is 125 g/mol. The first-order valence-corrected chi connectivity index (χ1v) is 4.10. The molecule has 2 saturated carbocycles. The summed E-state index contributed by atoms with van der Waals surface area (Å²) in [5.74, 6) is 2.88. The number of hydrogen-bond donors (Lipinski definition) is 1. The highest BCUT2D eigenvalue weighted by molar-refractivity contribution is 5.05. The van der Waals surface area contributed by atoms with E-state index in [0.29, 0.717) is 6.04 Å². The molecule has 2 aliphatic rings. The zero-order valence-electron chi connectivity index (χ0n) is 6.01. The van der Waals surface area contributed by atoms with E-state index in [1.54, 1.807) is 0 Å². The Hall–Kier alpha value is -0.0400. The Morgan fingerprint density at radius 1 is 1.33 bits per heavy atom. The molecule has 0 amide bonds. The molecular formula is C8H15N. The van der Waals surface area contributed by atoms with Crippen LogP contribution in [-0.2, 0) is 0 Å². The fourth-order valence-corrected chi connectivity index (χ4v) is 2.59. The van der Waals surface area contributed by atoms with Gasteiger partial charge in [-0.2, -0.15) is 0 Å². The first-order chi connectivity index (χ1) is 4.34. The smallest absolute Gasteiger partial charge is 0.0101 e. The van der Waals surface area contributed by atoms with Gasteiger partial charge in [0.05, 0.1) is 0 Å². The van der Waals surface area contributed by atoms with Crippen LogP contribution in [0.25, 0.3) is 0 Å². The molecule has 9 heavy (non-hydrogen) atoms. The summed E-state index contributed by atoms with van der Waals surface area (Å²) in [6.07, 6.45) is 4.20. The van der Waals surface area contributed by atoms with Gasteiger partial charge in [0, 0.05) is 6.04 Å². The van der Waals surface area contributed by atoms with Crippen molar-refractivity contribution in [1.29, 1.82) is 0 Å². The lowest BCUT2D eigenvalue weighted by molar-refractivity contribution is -0.0537. The molecule has 2 fully saturated rings. The van der Waals surface area contributed by atoms with Gasteiger partial charge in [-0.05, 0) is 30.6 Å². The maximum absolute atomic E-state index is 5.92. The summed E-state index contributed by atoms with van der Waals surface area (Å²) in [6.45, 7) is 2.26. The zero-order valence-corrected chi connectivity index (χ0v) is 6.01. The van der Waals surface area contributed by atoms with Gasteiger partial charge in [0.2, 0.25) is 0 Å². The second-order valence-electron chi connectivity index (χ2n) is 3.55. The Morgan fingerprint density at radius 2 is 2.00 bits per heavy atom. The summed E-state index contributed by atoms with van der Waals surface area (Å²) in [6, 6.07) is 0.578. The van der Waals surface area contributed by atoms with Crippen LogP contribution < -0.4 is 5.73 Å². The highest BCUT2D eigenvalue weighted by Crippen LogP contribution is 2.54. The van der Waals surface area contributed by atoms with E-state index in [9.17, 15) is 0 Å². The van der Waals surface area contributed by atoms with E-state index >= 15 is 0 Å². The molecule has 0 spiro atoms. The van der Waals surface area contributed by atoms with Crippen molar-refractivity contribution in [3.05, 3.63) is 0 Å². The average Bonchev–Trinajstić information content (AvgIpc) is 1.79. The lowest BCUT2D eigenvalue weighted by Crippen LogP contribution is -2.61. The number of rotatable bonds is 1. The van der Waals surface area contributed by atoms with Crippen LogP contribution in [0.1, 0.15) is 26.2 Å². The van der Waals surface area contributed by atoms with Crippen LogP contribution in [-0.4, -0.2) is 6.04 Å². The minimum Gasteiger partial charge on any atom is -0.327 e. The Bertz CT molecular complexity index is 116. The predicted octanol–water partition coefficient (Wildman–Crippen LogP) is 1.38. The summed E-state index contributed by atoms with van der Waals surface area (Å²) >= 11 is 0. The van der Waals surface area contributed by atoms with Crippen LogP contribution in [0, 0.1) is 17.8 Å². The fourth-order valence-electron chi connectivity index (χ4n) is 2.59. The summed E-state index contributed by atoms with van der Waals surface area (Å²) in [7, 11) is 0. The van der Waals surface area contributed by atoms with E-state index in [4.69, 9.17) is 5.73 Å². The van der Waals surface area contributed by atoms with Gasteiger partial charge in [-0.3, -0.25) is 0 Å². The molecule has 0 radical (unpaired) electrons. The van der Waals surface area contributed by atoms with Crippen LogP contribution in [0.3, 0.4) is 0 Å². The SMILES string of the molecule is CC[C@H]1[C@@H]2CCC2[C@@H]1N. The normalized spacial score (nSPS) is 55.3. The molecule has 0 aliphatic heterocycles. The van der Waals surface area contributed by atoms with Gasteiger partial charge in [-0.1, -0.05) is 13.3 Å². The molecule has 2 rings (SSSR count). The first-order valence-electron chi connectivity index (χ1n) is 4.10. The molecule has 0 heterocycles. The highest BCUT2D eigenvalue weighted by Gasteiger charge is 2.52. The van der Waals surface area contributed by atoms with E-state index < -0.39 is 0 Å². The van der Waals surface area contributed by atoms with Gasteiger partial charge in [0.15, 0.2) is 0 Å². The van der Waals surface area contributed by atoms with E-state index in [-0.39, 0.29) is 0 Å². The summed E-state index contributed by atoms with van der Waals surface area (Å²) in [5.41, 5.74) is 5.92. The molecule has 1 unspecified atom stereocenters. The van der Waals surface area contributed by atoms with Crippen molar-refractivity contribution in [3.8, 4) is 0 Å². The molecule has 52 valence electrons. The Morgan fingerprint density at radius 3 is 2.22 bits per heavy atom. The number of hydrogen-bond acceptors (Lipinski definition) is 1. The third-order valence-corrected chi connectivity index (χ3v) is 3.39. The summed E-state index contributed by atoms with van der Waals surface area (Å²) in [5, 5.41) is 0. The lowest BCUT2D eigenvalue weighted by Gasteiger charge is -2.58. The number of nitrogens with two attached hydrogens (primary N) is 1. The van der Waals surface area contributed by atoms with Gasteiger partial charge in [0.25, 0.3) is 0 Å². The third kappa shape index (κ3) is 0.536. The van der Waals surface area contributed by atoms with Gasteiger partial charge >= 0.3 is 0 Å². The molecule has 4 atom stereocenters. The van der Waals surface area contributed by atoms with Crippen molar-refractivity contribution in [1.82, 2.24) is 0 Å². The van der Waals surface area contributed by atoms with Crippen molar-refractivity contribution in [3.63, 3.8) is 0 Å². The van der Waals surface area contributed by atoms with Gasteiger partial charge < -0.3 is 5.73 Å². The topological polar surface area (TPSA) is 26.0 Å². The third-order valence-electron chi connectivity index (χ3n) is 3.39. The molecule has 1 heteroatoms. The molecule has 0 aromatic carbocycles. The van der Waals surface area contributed by atoms with E-state index in [0.717, 1.165) is 17.8 Å². The van der Waals surface area contributed by atoms with E-state index in [1.807, 2.05) is 0 Å². The zero-order chi connectivity index (χ0) is 6.43. The molecule has 0 aromatic rings. The quantitative estimate of drug-likeness (QED) is 0.563. The van der Waals surface area contributed by atoms with Crippen LogP contribution in [0.2, 0.25) is 0 Å². The van der Waals surface area contributed by atoms with Crippen LogP contribution in [0.5, 0.6) is 0 Å². The molecular weight excluding hydrogens is 110 g/mol. The lowest BCUT2D eigenvalue weighted by atomic mass is 9.50. The van der Waals surface area contributed by atoms with Crippen molar-refractivity contribution in [2.45, 2.75) is 32.2 Å². The Labute approximate surface area is 56.6 Å². The minimum absolute atomic E-state index is 0.578. The summed E-state index contributed by atoms with van der Waals surface area (Å²) in [4.78, 5) is 0. The van der Waals surface area contributed by atoms with Gasteiger partial charge in [-0.15, -0.1) is 0 Å². The van der Waals surface area contributed by atoms with Crippen LogP contribution in [0.4, 0.5) is 0 Å². The minimum atomic E-state index is 0.578. The second kappa shape index (κ2) is 1.72. The molecule has 1 nitrogen and oxygen atoms in total. The predicted molar refractivity (Wildman–Crippen MR) is 38.0 cm³/mol. The maximum atomic E-state index is 5.92. The van der Waals surface area contributed by atoms with Crippen molar-refractivity contribution >= 4 is 0 Å².